The van der Waals surface area contributed by atoms with Crippen molar-refractivity contribution in [3.05, 3.63) is 66.9 Å². The Morgan fingerprint density at radius 1 is 1.04 bits per heavy atom. The standard InChI is InChI=1S/C19H16FN5O2S/c1-25-10-14(16-18(21)22-11-23-19(16)25)13-8-5-9-15(17(13)20)24-28(26,27)12-6-3-2-4-7-12/h2-11,24H,1H3,(H2,21,22,23). The predicted octanol–water partition coefficient (Wildman–Crippen LogP) is 3.16. The number of nitrogens with two attached hydrogens (primary N) is 1. The van der Waals surface area contributed by atoms with Gasteiger partial charge in [0.05, 0.1) is 16.0 Å². The molecule has 3 N–H and O–H groups in total. The molecule has 28 heavy (non-hydrogen) atoms. The lowest BCUT2D eigenvalue weighted by Gasteiger charge is -2.11. The Kier molecular flexibility index (Phi) is 4.23. The number of nitrogens with one attached hydrogen (secondary N) is 1. The topological polar surface area (TPSA) is 103 Å². The van der Waals surface area contributed by atoms with Crippen LogP contribution < -0.4 is 10.5 Å². The summed E-state index contributed by atoms with van der Waals surface area (Å²) in [5, 5.41) is 0.506. The number of halogens is 1. The highest BCUT2D eigenvalue weighted by molar-refractivity contribution is 7.92. The van der Waals surface area contributed by atoms with E-state index < -0.39 is 15.8 Å². The molecule has 0 atom stereocenters. The van der Waals surface area contributed by atoms with E-state index in [1.54, 1.807) is 48.1 Å². The Morgan fingerprint density at radius 3 is 2.54 bits per heavy atom. The number of hydrogen-bond donors (Lipinski definition) is 2. The van der Waals surface area contributed by atoms with Crippen LogP contribution in [0.1, 0.15) is 0 Å². The molecule has 0 aliphatic rings. The first kappa shape index (κ1) is 17.9. The van der Waals surface area contributed by atoms with Gasteiger partial charge in [0.15, 0.2) is 5.82 Å². The van der Waals surface area contributed by atoms with Crippen molar-refractivity contribution in [2.45, 2.75) is 4.90 Å². The molecule has 0 fully saturated rings. The number of hydrogen-bond acceptors (Lipinski definition) is 5. The van der Waals surface area contributed by atoms with Gasteiger partial charge in [0.1, 0.15) is 17.8 Å². The summed E-state index contributed by atoms with van der Waals surface area (Å²) < 4.78 is 44.4. The number of aryl methyl sites for hydroxylation is 1. The number of anilines is 2. The minimum atomic E-state index is -3.92. The second kappa shape index (κ2) is 6.61. The fourth-order valence-corrected chi connectivity index (χ4v) is 4.14. The number of aromatic nitrogens is 3. The fraction of sp³-hybridized carbons (Fsp3) is 0.0526. The number of nitrogen functional groups attached to an aromatic ring is 1. The highest BCUT2D eigenvalue weighted by Gasteiger charge is 2.21. The summed E-state index contributed by atoms with van der Waals surface area (Å²) in [6, 6.07) is 12.3. The number of sulfonamides is 1. The van der Waals surface area contributed by atoms with Crippen molar-refractivity contribution < 1.29 is 12.8 Å². The van der Waals surface area contributed by atoms with Gasteiger partial charge in [0.2, 0.25) is 0 Å². The molecule has 2 aromatic carbocycles. The van der Waals surface area contributed by atoms with E-state index in [2.05, 4.69) is 14.7 Å². The summed E-state index contributed by atoms with van der Waals surface area (Å²) >= 11 is 0. The van der Waals surface area contributed by atoms with E-state index in [1.165, 1.54) is 24.5 Å². The summed E-state index contributed by atoms with van der Waals surface area (Å²) in [4.78, 5) is 8.20. The molecular weight excluding hydrogens is 381 g/mol. The third kappa shape index (κ3) is 2.95. The van der Waals surface area contributed by atoms with Gasteiger partial charge in [-0.05, 0) is 18.2 Å². The molecule has 0 bridgehead atoms. The summed E-state index contributed by atoms with van der Waals surface area (Å²) in [7, 11) is -2.16. The van der Waals surface area contributed by atoms with Crippen LogP contribution in [-0.2, 0) is 17.1 Å². The fourth-order valence-electron chi connectivity index (χ4n) is 3.06. The molecule has 2 heterocycles. The molecule has 4 rings (SSSR count). The Morgan fingerprint density at radius 2 is 1.79 bits per heavy atom. The van der Waals surface area contributed by atoms with Crippen LogP contribution >= 0.6 is 0 Å². The molecule has 0 aliphatic heterocycles. The molecule has 7 nitrogen and oxygen atoms in total. The molecule has 0 saturated heterocycles. The van der Waals surface area contributed by atoms with Gasteiger partial charge in [-0.1, -0.05) is 30.3 Å². The van der Waals surface area contributed by atoms with Crippen LogP contribution in [0.2, 0.25) is 0 Å². The van der Waals surface area contributed by atoms with Gasteiger partial charge in [-0.25, -0.2) is 22.8 Å². The Hall–Kier alpha value is -3.46. The number of fused-ring (bicyclic) bond motifs is 1. The van der Waals surface area contributed by atoms with Crippen molar-refractivity contribution >= 4 is 32.6 Å². The molecule has 142 valence electrons. The quantitative estimate of drug-likeness (QED) is 0.551. The average molecular weight is 397 g/mol. The molecular formula is C19H16FN5O2S. The van der Waals surface area contributed by atoms with Crippen molar-refractivity contribution in [2.24, 2.45) is 7.05 Å². The first-order valence-corrected chi connectivity index (χ1v) is 9.79. The van der Waals surface area contributed by atoms with E-state index in [1.807, 2.05) is 0 Å². The number of nitrogens with zero attached hydrogens (tertiary/aromatic N) is 3. The highest BCUT2D eigenvalue weighted by Crippen LogP contribution is 2.36. The molecule has 0 saturated carbocycles. The molecule has 0 unspecified atom stereocenters. The highest BCUT2D eigenvalue weighted by atomic mass is 32.2. The maximum Gasteiger partial charge on any atom is 0.261 e. The minimum absolute atomic E-state index is 0.0441. The third-order valence-electron chi connectivity index (χ3n) is 4.37. The van der Waals surface area contributed by atoms with E-state index in [-0.39, 0.29) is 22.0 Å². The minimum Gasteiger partial charge on any atom is -0.383 e. The van der Waals surface area contributed by atoms with Gasteiger partial charge in [-0.2, -0.15) is 0 Å². The zero-order valence-corrected chi connectivity index (χ0v) is 15.6. The lowest BCUT2D eigenvalue weighted by molar-refractivity contribution is 0.599. The third-order valence-corrected chi connectivity index (χ3v) is 5.75. The zero-order chi connectivity index (χ0) is 19.9. The van der Waals surface area contributed by atoms with Crippen molar-refractivity contribution in [2.75, 3.05) is 10.5 Å². The van der Waals surface area contributed by atoms with Gasteiger partial charge in [0, 0.05) is 24.4 Å². The Bertz CT molecular complexity index is 1290. The summed E-state index contributed by atoms with van der Waals surface area (Å²) in [5.74, 6) is -0.493. The van der Waals surface area contributed by atoms with Gasteiger partial charge < -0.3 is 10.3 Å². The molecule has 2 aromatic heterocycles. The lowest BCUT2D eigenvalue weighted by Crippen LogP contribution is -2.14. The lowest BCUT2D eigenvalue weighted by atomic mass is 10.0. The van der Waals surface area contributed by atoms with Crippen molar-refractivity contribution in [1.29, 1.82) is 0 Å². The monoisotopic (exact) mass is 397 g/mol. The normalized spacial score (nSPS) is 11.6. The molecule has 0 spiro atoms. The molecule has 4 aromatic rings. The van der Waals surface area contributed by atoms with Crippen LogP contribution in [0.25, 0.3) is 22.2 Å². The van der Waals surface area contributed by atoms with E-state index >= 15 is 4.39 Å². The van der Waals surface area contributed by atoms with E-state index in [9.17, 15) is 8.42 Å². The van der Waals surface area contributed by atoms with Gasteiger partial charge in [0.25, 0.3) is 10.0 Å². The van der Waals surface area contributed by atoms with Crippen LogP contribution in [-0.4, -0.2) is 23.0 Å². The number of benzene rings is 2. The second-order valence-electron chi connectivity index (χ2n) is 6.20. The maximum atomic E-state index is 15.3. The van der Waals surface area contributed by atoms with E-state index in [4.69, 9.17) is 5.73 Å². The average Bonchev–Trinajstić information content (AvgIpc) is 3.02. The number of rotatable bonds is 4. The SMILES string of the molecule is Cn1cc(-c2cccc(NS(=O)(=O)c3ccccc3)c2F)c2c(N)ncnc21. The van der Waals surface area contributed by atoms with E-state index in [0.717, 1.165) is 0 Å². The smallest absolute Gasteiger partial charge is 0.261 e. The molecule has 9 heteroatoms. The van der Waals surface area contributed by atoms with Crippen LogP contribution in [0.15, 0.2) is 66.0 Å². The summed E-state index contributed by atoms with van der Waals surface area (Å²) in [5.41, 5.74) is 7.04. The van der Waals surface area contributed by atoms with Crippen molar-refractivity contribution in [1.82, 2.24) is 14.5 Å². The first-order valence-electron chi connectivity index (χ1n) is 8.31. The van der Waals surface area contributed by atoms with Crippen molar-refractivity contribution in [3.8, 4) is 11.1 Å². The zero-order valence-electron chi connectivity index (χ0n) is 14.8. The van der Waals surface area contributed by atoms with Crippen LogP contribution in [0.3, 0.4) is 0 Å². The Balaban J connectivity index is 1.83. The van der Waals surface area contributed by atoms with E-state index in [0.29, 0.717) is 16.6 Å². The molecule has 0 aliphatic carbocycles. The van der Waals surface area contributed by atoms with Crippen molar-refractivity contribution in [3.63, 3.8) is 0 Å². The Labute approximate surface area is 160 Å². The maximum absolute atomic E-state index is 15.3. The van der Waals surface area contributed by atoms with Gasteiger partial charge in [-0.15, -0.1) is 0 Å². The summed E-state index contributed by atoms with van der Waals surface area (Å²) in [6.45, 7) is 0. The van der Waals surface area contributed by atoms with Crippen LogP contribution in [0, 0.1) is 5.82 Å². The van der Waals surface area contributed by atoms with Crippen LogP contribution in [0.4, 0.5) is 15.9 Å². The first-order chi connectivity index (χ1) is 13.4. The largest absolute Gasteiger partial charge is 0.383 e. The predicted molar refractivity (Wildman–Crippen MR) is 106 cm³/mol. The second-order valence-corrected chi connectivity index (χ2v) is 7.88. The van der Waals surface area contributed by atoms with Gasteiger partial charge >= 0.3 is 0 Å². The van der Waals surface area contributed by atoms with Gasteiger partial charge in [-0.3, -0.25) is 4.72 Å². The molecule has 0 amide bonds. The van der Waals surface area contributed by atoms with Crippen LogP contribution in [0.5, 0.6) is 0 Å². The summed E-state index contributed by atoms with van der Waals surface area (Å²) in [6.07, 6.45) is 3.02. The molecule has 0 radical (unpaired) electrons.